The van der Waals surface area contributed by atoms with E-state index in [1.54, 1.807) is 0 Å². The Balaban J connectivity index is 1.60. The molecular weight excluding hydrogens is 262 g/mol. The van der Waals surface area contributed by atoms with Crippen molar-refractivity contribution in [2.75, 3.05) is 19.8 Å². The van der Waals surface area contributed by atoms with Crippen LogP contribution in [0, 0.1) is 11.8 Å². The summed E-state index contributed by atoms with van der Waals surface area (Å²) in [7, 11) is 0. The van der Waals surface area contributed by atoms with Gasteiger partial charge in [0.25, 0.3) is 0 Å². The van der Waals surface area contributed by atoms with Crippen molar-refractivity contribution >= 4 is 0 Å². The Hall–Kier alpha value is -0.120. The highest BCUT2D eigenvalue weighted by molar-refractivity contribution is 5.01. The van der Waals surface area contributed by atoms with E-state index in [9.17, 15) is 0 Å². The average Bonchev–Trinajstić information content (AvgIpc) is 2.51. The molecule has 3 heteroatoms. The SMILES string of the molecule is CCCC1CCC(N)(C2CCOC3(CCOCC3)C2)CC1. The van der Waals surface area contributed by atoms with Crippen LogP contribution in [-0.4, -0.2) is 31.0 Å². The quantitative estimate of drug-likeness (QED) is 0.864. The topological polar surface area (TPSA) is 44.5 Å². The molecule has 0 aromatic rings. The molecule has 1 unspecified atom stereocenters. The normalized spacial score (nSPS) is 40.3. The Morgan fingerprint density at radius 3 is 2.38 bits per heavy atom. The first-order valence-electron chi connectivity index (χ1n) is 9.16. The number of hydrogen-bond donors (Lipinski definition) is 1. The predicted molar refractivity (Wildman–Crippen MR) is 85.2 cm³/mol. The summed E-state index contributed by atoms with van der Waals surface area (Å²) < 4.78 is 11.7. The second-order valence-electron chi connectivity index (χ2n) is 7.80. The minimum atomic E-state index is 0.0827. The average molecular weight is 295 g/mol. The van der Waals surface area contributed by atoms with Crippen LogP contribution in [0.25, 0.3) is 0 Å². The molecule has 0 aromatic heterocycles. The fourth-order valence-electron chi connectivity index (χ4n) is 4.93. The number of ether oxygens (including phenoxy) is 2. The van der Waals surface area contributed by atoms with Crippen LogP contribution in [-0.2, 0) is 9.47 Å². The maximum Gasteiger partial charge on any atom is 0.0729 e. The van der Waals surface area contributed by atoms with Crippen LogP contribution >= 0.6 is 0 Å². The second kappa shape index (κ2) is 6.55. The van der Waals surface area contributed by atoms with Crippen molar-refractivity contribution in [2.24, 2.45) is 17.6 Å². The molecule has 1 saturated carbocycles. The van der Waals surface area contributed by atoms with Crippen molar-refractivity contribution in [2.45, 2.75) is 82.3 Å². The van der Waals surface area contributed by atoms with E-state index in [2.05, 4.69) is 6.92 Å². The number of hydrogen-bond acceptors (Lipinski definition) is 3. The largest absolute Gasteiger partial charge is 0.381 e. The van der Waals surface area contributed by atoms with Gasteiger partial charge in [-0.15, -0.1) is 0 Å². The fraction of sp³-hybridized carbons (Fsp3) is 1.00. The standard InChI is InChI=1S/C18H33NO2/c1-2-3-15-4-7-18(19,8-5-15)16-6-11-21-17(14-16)9-12-20-13-10-17/h15-16H,2-14,19H2,1H3. The first kappa shape index (κ1) is 15.8. The summed E-state index contributed by atoms with van der Waals surface area (Å²) in [5, 5.41) is 0. The molecule has 2 saturated heterocycles. The molecule has 3 nitrogen and oxygen atoms in total. The molecule has 21 heavy (non-hydrogen) atoms. The summed E-state index contributed by atoms with van der Waals surface area (Å²) >= 11 is 0. The van der Waals surface area contributed by atoms with Crippen molar-refractivity contribution in [1.29, 1.82) is 0 Å². The number of rotatable bonds is 3. The van der Waals surface area contributed by atoms with Crippen LogP contribution in [0.1, 0.15) is 71.1 Å². The Labute approximate surface area is 129 Å². The Morgan fingerprint density at radius 2 is 1.71 bits per heavy atom. The molecule has 1 atom stereocenters. The molecule has 2 heterocycles. The predicted octanol–water partition coefficient (Wildman–Crippen LogP) is 3.65. The number of nitrogens with two attached hydrogens (primary N) is 1. The summed E-state index contributed by atoms with van der Waals surface area (Å²) in [5.74, 6) is 1.59. The minimum absolute atomic E-state index is 0.0827. The van der Waals surface area contributed by atoms with E-state index < -0.39 is 0 Å². The van der Waals surface area contributed by atoms with Crippen LogP contribution in [0.3, 0.4) is 0 Å². The summed E-state index contributed by atoms with van der Waals surface area (Å²) in [4.78, 5) is 0. The van der Waals surface area contributed by atoms with E-state index >= 15 is 0 Å². The summed E-state index contributed by atoms with van der Waals surface area (Å²) in [6.45, 7) is 4.94. The van der Waals surface area contributed by atoms with Gasteiger partial charge in [-0.2, -0.15) is 0 Å². The van der Waals surface area contributed by atoms with Gasteiger partial charge in [0.1, 0.15) is 0 Å². The third-order valence-corrected chi connectivity index (χ3v) is 6.44. The fourth-order valence-corrected chi connectivity index (χ4v) is 4.93. The summed E-state index contributed by atoms with van der Waals surface area (Å²) in [6, 6.07) is 0. The molecular formula is C18H33NO2. The van der Waals surface area contributed by atoms with Gasteiger partial charge in [-0.1, -0.05) is 19.8 Å². The van der Waals surface area contributed by atoms with Crippen molar-refractivity contribution in [3.05, 3.63) is 0 Å². The highest BCUT2D eigenvalue weighted by Gasteiger charge is 2.46. The molecule has 1 spiro atoms. The monoisotopic (exact) mass is 295 g/mol. The zero-order valence-electron chi connectivity index (χ0n) is 13.7. The van der Waals surface area contributed by atoms with Gasteiger partial charge in [0, 0.05) is 25.4 Å². The molecule has 3 fully saturated rings. The zero-order chi connectivity index (χ0) is 14.8. The maximum atomic E-state index is 6.90. The third-order valence-electron chi connectivity index (χ3n) is 6.44. The van der Waals surface area contributed by atoms with E-state index in [1.807, 2.05) is 0 Å². The van der Waals surface area contributed by atoms with Gasteiger partial charge in [-0.3, -0.25) is 0 Å². The molecule has 0 aromatic carbocycles. The van der Waals surface area contributed by atoms with Gasteiger partial charge in [0.15, 0.2) is 0 Å². The minimum Gasteiger partial charge on any atom is -0.381 e. The van der Waals surface area contributed by atoms with Gasteiger partial charge in [0.05, 0.1) is 5.60 Å². The zero-order valence-corrected chi connectivity index (χ0v) is 13.7. The molecule has 0 radical (unpaired) electrons. The van der Waals surface area contributed by atoms with Crippen LogP contribution in [0.4, 0.5) is 0 Å². The van der Waals surface area contributed by atoms with E-state index in [0.717, 1.165) is 45.0 Å². The molecule has 122 valence electrons. The maximum absolute atomic E-state index is 6.90. The smallest absolute Gasteiger partial charge is 0.0729 e. The lowest BCUT2D eigenvalue weighted by Gasteiger charge is -2.50. The van der Waals surface area contributed by atoms with E-state index in [1.165, 1.54) is 44.9 Å². The van der Waals surface area contributed by atoms with E-state index in [4.69, 9.17) is 15.2 Å². The Morgan fingerprint density at radius 1 is 1.00 bits per heavy atom. The van der Waals surface area contributed by atoms with Crippen LogP contribution in [0.2, 0.25) is 0 Å². The van der Waals surface area contributed by atoms with Crippen molar-refractivity contribution in [1.82, 2.24) is 0 Å². The van der Waals surface area contributed by atoms with Gasteiger partial charge in [-0.05, 0) is 63.2 Å². The second-order valence-corrected chi connectivity index (χ2v) is 7.80. The lowest BCUT2D eigenvalue weighted by atomic mass is 9.64. The van der Waals surface area contributed by atoms with Gasteiger partial charge in [-0.25, -0.2) is 0 Å². The molecule has 3 rings (SSSR count). The molecule has 2 N–H and O–H groups in total. The highest BCUT2D eigenvalue weighted by Crippen LogP contribution is 2.46. The summed E-state index contributed by atoms with van der Waals surface area (Å²) in [6.07, 6.45) is 12.3. The molecule has 2 aliphatic heterocycles. The lowest BCUT2D eigenvalue weighted by Crippen LogP contribution is -2.56. The van der Waals surface area contributed by atoms with Crippen molar-refractivity contribution < 1.29 is 9.47 Å². The van der Waals surface area contributed by atoms with E-state index in [0.29, 0.717) is 5.92 Å². The molecule has 0 amide bonds. The highest BCUT2D eigenvalue weighted by atomic mass is 16.5. The lowest BCUT2D eigenvalue weighted by molar-refractivity contribution is -0.156. The van der Waals surface area contributed by atoms with Gasteiger partial charge < -0.3 is 15.2 Å². The molecule has 0 bridgehead atoms. The molecule has 1 aliphatic carbocycles. The third kappa shape index (κ3) is 3.46. The summed E-state index contributed by atoms with van der Waals surface area (Å²) in [5.41, 5.74) is 7.07. The van der Waals surface area contributed by atoms with Crippen molar-refractivity contribution in [3.8, 4) is 0 Å². The first-order chi connectivity index (χ1) is 10.2. The van der Waals surface area contributed by atoms with E-state index in [-0.39, 0.29) is 11.1 Å². The Kier molecular flexibility index (Phi) is 4.92. The van der Waals surface area contributed by atoms with Crippen LogP contribution in [0.15, 0.2) is 0 Å². The van der Waals surface area contributed by atoms with Gasteiger partial charge in [0.2, 0.25) is 0 Å². The van der Waals surface area contributed by atoms with Gasteiger partial charge >= 0.3 is 0 Å². The molecule has 3 aliphatic rings. The van der Waals surface area contributed by atoms with Crippen LogP contribution < -0.4 is 5.73 Å². The van der Waals surface area contributed by atoms with Crippen molar-refractivity contribution in [3.63, 3.8) is 0 Å². The first-order valence-corrected chi connectivity index (χ1v) is 9.16. The Bertz CT molecular complexity index is 325. The van der Waals surface area contributed by atoms with Crippen LogP contribution in [0.5, 0.6) is 0 Å².